The van der Waals surface area contributed by atoms with Crippen LogP contribution in [0.5, 0.6) is 0 Å². The van der Waals surface area contributed by atoms with Gasteiger partial charge in [0.25, 0.3) is 0 Å². The van der Waals surface area contributed by atoms with Gasteiger partial charge in [-0.1, -0.05) is 12.8 Å². The fraction of sp³-hybridized carbons (Fsp3) is 1.00. The summed E-state index contributed by atoms with van der Waals surface area (Å²) in [6.45, 7) is 7.09. The van der Waals surface area contributed by atoms with Gasteiger partial charge in [-0.3, -0.25) is 0 Å². The van der Waals surface area contributed by atoms with Crippen LogP contribution in [0.3, 0.4) is 0 Å². The molecule has 0 aliphatic heterocycles. The van der Waals surface area contributed by atoms with Gasteiger partial charge in [-0.05, 0) is 33.6 Å². The molecule has 0 aromatic rings. The number of aliphatic hydroxyl groups excluding tert-OH is 1. The average Bonchev–Trinajstić information content (AvgIpc) is 2.62. The maximum absolute atomic E-state index is 9.69. The molecule has 0 aromatic heterocycles. The van der Waals surface area contributed by atoms with Crippen molar-refractivity contribution in [1.29, 1.82) is 0 Å². The molecule has 0 spiro atoms. The standard InChI is InChI=1S/C12H25NO2/c1-12(2,3)15-9-11(14)8-13-10-6-4-5-7-10/h10-11,13-14H,4-9H2,1-3H3/t11-/m1/s1. The first-order valence-electron chi connectivity index (χ1n) is 6.03. The van der Waals surface area contributed by atoms with Gasteiger partial charge in [0.1, 0.15) is 0 Å². The molecule has 3 nitrogen and oxygen atoms in total. The quantitative estimate of drug-likeness (QED) is 0.733. The van der Waals surface area contributed by atoms with E-state index in [4.69, 9.17) is 4.74 Å². The Kier molecular flexibility index (Phi) is 5.03. The summed E-state index contributed by atoms with van der Waals surface area (Å²) in [5, 5.41) is 13.1. The summed E-state index contributed by atoms with van der Waals surface area (Å²) in [5.74, 6) is 0. The largest absolute Gasteiger partial charge is 0.389 e. The molecular formula is C12H25NO2. The van der Waals surface area contributed by atoms with E-state index in [-0.39, 0.29) is 11.7 Å². The lowest BCUT2D eigenvalue weighted by atomic mass is 10.2. The van der Waals surface area contributed by atoms with Crippen LogP contribution in [-0.2, 0) is 4.74 Å². The molecule has 0 saturated heterocycles. The number of ether oxygens (including phenoxy) is 1. The highest BCUT2D eigenvalue weighted by Gasteiger charge is 2.17. The maximum Gasteiger partial charge on any atom is 0.0898 e. The Labute approximate surface area is 93.2 Å². The Hall–Kier alpha value is -0.120. The molecule has 0 amide bonds. The zero-order valence-corrected chi connectivity index (χ0v) is 10.3. The summed E-state index contributed by atoms with van der Waals surface area (Å²) >= 11 is 0. The second kappa shape index (κ2) is 5.83. The van der Waals surface area contributed by atoms with E-state index in [1.165, 1.54) is 25.7 Å². The normalized spacial score (nSPS) is 20.8. The van der Waals surface area contributed by atoms with Gasteiger partial charge in [0.05, 0.1) is 18.3 Å². The third-order valence-corrected chi connectivity index (χ3v) is 2.71. The Bertz CT molecular complexity index is 171. The zero-order valence-electron chi connectivity index (χ0n) is 10.3. The topological polar surface area (TPSA) is 41.5 Å². The molecule has 0 heterocycles. The molecule has 15 heavy (non-hydrogen) atoms. The lowest BCUT2D eigenvalue weighted by molar-refractivity contribution is -0.0483. The number of hydrogen-bond donors (Lipinski definition) is 2. The molecule has 1 atom stereocenters. The third kappa shape index (κ3) is 6.13. The predicted octanol–water partition coefficient (Wildman–Crippen LogP) is 1.69. The van der Waals surface area contributed by atoms with Gasteiger partial charge in [0, 0.05) is 12.6 Å². The summed E-state index contributed by atoms with van der Waals surface area (Å²) in [5.41, 5.74) is -0.158. The average molecular weight is 215 g/mol. The molecule has 90 valence electrons. The van der Waals surface area contributed by atoms with Gasteiger partial charge in [-0.15, -0.1) is 0 Å². The van der Waals surface area contributed by atoms with Crippen LogP contribution in [-0.4, -0.2) is 36.0 Å². The molecule has 1 saturated carbocycles. The van der Waals surface area contributed by atoms with E-state index in [0.717, 1.165) is 0 Å². The lowest BCUT2D eigenvalue weighted by Crippen LogP contribution is -2.37. The second-order valence-electron chi connectivity index (χ2n) is 5.47. The van der Waals surface area contributed by atoms with Crippen LogP contribution >= 0.6 is 0 Å². The van der Waals surface area contributed by atoms with Crippen LogP contribution < -0.4 is 5.32 Å². The van der Waals surface area contributed by atoms with Crippen LogP contribution in [0.4, 0.5) is 0 Å². The van der Waals surface area contributed by atoms with E-state index in [2.05, 4.69) is 5.32 Å². The Morgan fingerprint density at radius 2 is 1.93 bits per heavy atom. The highest BCUT2D eigenvalue weighted by molar-refractivity contribution is 4.75. The molecule has 0 radical (unpaired) electrons. The van der Waals surface area contributed by atoms with E-state index in [9.17, 15) is 5.11 Å². The second-order valence-corrected chi connectivity index (χ2v) is 5.47. The third-order valence-electron chi connectivity index (χ3n) is 2.71. The number of hydrogen-bond acceptors (Lipinski definition) is 3. The van der Waals surface area contributed by atoms with Crippen molar-refractivity contribution >= 4 is 0 Å². The number of nitrogens with one attached hydrogen (secondary N) is 1. The lowest BCUT2D eigenvalue weighted by Gasteiger charge is -2.23. The van der Waals surface area contributed by atoms with Crippen molar-refractivity contribution < 1.29 is 9.84 Å². The van der Waals surface area contributed by atoms with Crippen LogP contribution in [0.15, 0.2) is 0 Å². The van der Waals surface area contributed by atoms with Gasteiger partial charge < -0.3 is 15.2 Å². The summed E-state index contributed by atoms with van der Waals surface area (Å²) in [6, 6.07) is 0.620. The van der Waals surface area contributed by atoms with Gasteiger partial charge >= 0.3 is 0 Å². The SMILES string of the molecule is CC(C)(C)OC[C@H](O)CNC1CCCC1. The smallest absolute Gasteiger partial charge is 0.0898 e. The van der Waals surface area contributed by atoms with Crippen LogP contribution in [0.25, 0.3) is 0 Å². The molecular weight excluding hydrogens is 190 g/mol. The van der Waals surface area contributed by atoms with Crippen molar-refractivity contribution in [2.45, 2.75) is 64.2 Å². The number of aliphatic hydroxyl groups is 1. The highest BCUT2D eigenvalue weighted by Crippen LogP contribution is 2.17. The van der Waals surface area contributed by atoms with E-state index in [0.29, 0.717) is 19.2 Å². The first kappa shape index (κ1) is 12.9. The van der Waals surface area contributed by atoms with E-state index in [1.807, 2.05) is 20.8 Å². The summed E-state index contributed by atoms with van der Waals surface area (Å²) in [7, 11) is 0. The van der Waals surface area contributed by atoms with Gasteiger partial charge in [0.15, 0.2) is 0 Å². The molecule has 0 aromatic carbocycles. The highest BCUT2D eigenvalue weighted by atomic mass is 16.5. The molecule has 0 bridgehead atoms. The first-order chi connectivity index (χ1) is 6.97. The summed E-state index contributed by atoms with van der Waals surface area (Å²) in [4.78, 5) is 0. The zero-order chi connectivity index (χ0) is 11.3. The van der Waals surface area contributed by atoms with E-state index in [1.54, 1.807) is 0 Å². The maximum atomic E-state index is 9.69. The van der Waals surface area contributed by atoms with E-state index < -0.39 is 0 Å². The van der Waals surface area contributed by atoms with Crippen molar-refractivity contribution in [2.24, 2.45) is 0 Å². The molecule has 2 N–H and O–H groups in total. The molecule has 1 aliphatic rings. The Morgan fingerprint density at radius 1 is 1.33 bits per heavy atom. The predicted molar refractivity (Wildman–Crippen MR) is 62.0 cm³/mol. The number of rotatable bonds is 5. The van der Waals surface area contributed by atoms with Crippen molar-refractivity contribution in [3.8, 4) is 0 Å². The van der Waals surface area contributed by atoms with Crippen LogP contribution in [0.1, 0.15) is 46.5 Å². The minimum absolute atomic E-state index is 0.158. The fourth-order valence-corrected chi connectivity index (χ4v) is 1.84. The molecule has 1 fully saturated rings. The first-order valence-corrected chi connectivity index (χ1v) is 6.03. The summed E-state index contributed by atoms with van der Waals surface area (Å²) < 4.78 is 5.52. The van der Waals surface area contributed by atoms with Crippen molar-refractivity contribution in [3.05, 3.63) is 0 Å². The van der Waals surface area contributed by atoms with Gasteiger partial charge in [-0.25, -0.2) is 0 Å². The monoisotopic (exact) mass is 215 g/mol. The van der Waals surface area contributed by atoms with Crippen LogP contribution in [0, 0.1) is 0 Å². The minimum atomic E-state index is -0.384. The molecule has 1 rings (SSSR count). The minimum Gasteiger partial charge on any atom is -0.389 e. The van der Waals surface area contributed by atoms with Gasteiger partial charge in [-0.2, -0.15) is 0 Å². The summed E-state index contributed by atoms with van der Waals surface area (Å²) in [6.07, 6.45) is 4.78. The Balaban J connectivity index is 2.05. The van der Waals surface area contributed by atoms with Crippen LogP contribution in [0.2, 0.25) is 0 Å². The van der Waals surface area contributed by atoms with Crippen molar-refractivity contribution in [1.82, 2.24) is 5.32 Å². The molecule has 3 heteroatoms. The Morgan fingerprint density at radius 3 is 2.47 bits per heavy atom. The molecule has 0 unspecified atom stereocenters. The van der Waals surface area contributed by atoms with E-state index >= 15 is 0 Å². The van der Waals surface area contributed by atoms with Crippen molar-refractivity contribution in [2.75, 3.05) is 13.2 Å². The fourth-order valence-electron chi connectivity index (χ4n) is 1.84. The molecule has 1 aliphatic carbocycles. The van der Waals surface area contributed by atoms with Gasteiger partial charge in [0.2, 0.25) is 0 Å². The van der Waals surface area contributed by atoms with Crippen molar-refractivity contribution in [3.63, 3.8) is 0 Å².